The molecule has 2 nitrogen and oxygen atoms in total. The third-order valence-corrected chi connectivity index (χ3v) is 9.07. The lowest BCUT2D eigenvalue weighted by Gasteiger charge is -2.22. The first-order chi connectivity index (χ1) is 20.5. The van der Waals surface area contributed by atoms with Gasteiger partial charge in [-0.3, -0.25) is 0 Å². The lowest BCUT2D eigenvalue weighted by atomic mass is 9.82. The second-order valence-corrected chi connectivity index (χ2v) is 12.1. The first kappa shape index (κ1) is 31.4. The molecular weight excluding hydrogens is 508 g/mol. The molecule has 4 aromatic rings. The molecule has 0 amide bonds. The standard InChI is InChI=1S/C40H52N2/c1-4-7-8-9-10-11-12-13-40(34-18-14-30(15-19-34)38(5-2)32-22-26-36(41)27-23-32)35-20-16-31(17-21-35)39(6-3)33-24-28-37(42)29-25-33/h14-29,38-40H,4-13,41-42H2,1-3H3. The van der Waals surface area contributed by atoms with Crippen LogP contribution in [0.2, 0.25) is 0 Å². The van der Waals surface area contributed by atoms with Gasteiger partial charge in [-0.2, -0.15) is 0 Å². The predicted molar refractivity (Wildman–Crippen MR) is 183 cm³/mol. The van der Waals surface area contributed by atoms with Crippen molar-refractivity contribution in [3.8, 4) is 0 Å². The Labute approximate surface area is 255 Å². The van der Waals surface area contributed by atoms with Gasteiger partial charge in [-0.15, -0.1) is 0 Å². The summed E-state index contributed by atoms with van der Waals surface area (Å²) in [4.78, 5) is 0. The zero-order chi connectivity index (χ0) is 29.7. The van der Waals surface area contributed by atoms with Gasteiger partial charge in [0.1, 0.15) is 0 Å². The molecule has 0 bridgehead atoms. The number of nitrogens with two attached hydrogens (primary N) is 2. The molecule has 0 aliphatic carbocycles. The summed E-state index contributed by atoms with van der Waals surface area (Å²) < 4.78 is 0. The summed E-state index contributed by atoms with van der Waals surface area (Å²) in [5, 5.41) is 0. The van der Waals surface area contributed by atoms with Crippen LogP contribution in [-0.2, 0) is 0 Å². The first-order valence-electron chi connectivity index (χ1n) is 16.4. The first-order valence-corrected chi connectivity index (χ1v) is 16.4. The Morgan fingerprint density at radius 1 is 0.381 bits per heavy atom. The summed E-state index contributed by atoms with van der Waals surface area (Å²) in [6.07, 6.45) is 12.7. The number of hydrogen-bond acceptors (Lipinski definition) is 2. The van der Waals surface area contributed by atoms with Crippen LogP contribution < -0.4 is 11.5 Å². The van der Waals surface area contributed by atoms with Gasteiger partial charge in [-0.25, -0.2) is 0 Å². The molecule has 4 aromatic carbocycles. The molecule has 2 heteroatoms. The fourth-order valence-electron chi connectivity index (χ4n) is 6.54. The van der Waals surface area contributed by atoms with Crippen molar-refractivity contribution >= 4 is 11.4 Å². The highest BCUT2D eigenvalue weighted by atomic mass is 14.5. The maximum atomic E-state index is 5.96. The van der Waals surface area contributed by atoms with Gasteiger partial charge >= 0.3 is 0 Å². The van der Waals surface area contributed by atoms with E-state index in [0.29, 0.717) is 17.8 Å². The molecule has 0 saturated heterocycles. The van der Waals surface area contributed by atoms with Crippen LogP contribution in [-0.4, -0.2) is 0 Å². The van der Waals surface area contributed by atoms with E-state index < -0.39 is 0 Å². The number of hydrogen-bond donors (Lipinski definition) is 2. The molecule has 2 atom stereocenters. The number of unbranched alkanes of at least 4 members (excludes halogenated alkanes) is 6. The van der Waals surface area contributed by atoms with Crippen LogP contribution >= 0.6 is 0 Å². The highest BCUT2D eigenvalue weighted by molar-refractivity contribution is 5.45. The maximum absolute atomic E-state index is 5.96. The van der Waals surface area contributed by atoms with Gasteiger partial charge in [0.05, 0.1) is 0 Å². The second-order valence-electron chi connectivity index (χ2n) is 12.1. The Hall–Kier alpha value is -3.52. The van der Waals surface area contributed by atoms with E-state index in [2.05, 4.69) is 93.6 Å². The number of benzene rings is 4. The number of anilines is 2. The zero-order valence-electron chi connectivity index (χ0n) is 26.2. The van der Waals surface area contributed by atoms with Crippen molar-refractivity contribution in [3.63, 3.8) is 0 Å². The molecule has 4 rings (SSSR count). The van der Waals surface area contributed by atoms with E-state index in [1.165, 1.54) is 84.7 Å². The minimum Gasteiger partial charge on any atom is -0.399 e. The molecule has 0 aliphatic heterocycles. The van der Waals surface area contributed by atoms with E-state index in [0.717, 1.165) is 24.2 Å². The van der Waals surface area contributed by atoms with Crippen molar-refractivity contribution in [2.75, 3.05) is 11.5 Å². The van der Waals surface area contributed by atoms with E-state index >= 15 is 0 Å². The van der Waals surface area contributed by atoms with Crippen LogP contribution in [0.3, 0.4) is 0 Å². The van der Waals surface area contributed by atoms with Gasteiger partial charge in [-0.1, -0.05) is 139 Å². The molecular formula is C40H52N2. The van der Waals surface area contributed by atoms with Gasteiger partial charge in [0.25, 0.3) is 0 Å². The van der Waals surface area contributed by atoms with Crippen molar-refractivity contribution in [3.05, 3.63) is 130 Å². The van der Waals surface area contributed by atoms with Crippen molar-refractivity contribution in [2.24, 2.45) is 0 Å². The topological polar surface area (TPSA) is 52.0 Å². The van der Waals surface area contributed by atoms with Gasteiger partial charge in [0.15, 0.2) is 0 Å². The Kier molecular flexibility index (Phi) is 12.1. The Morgan fingerprint density at radius 3 is 1.00 bits per heavy atom. The minimum absolute atomic E-state index is 0.389. The van der Waals surface area contributed by atoms with Crippen LogP contribution in [0.1, 0.15) is 136 Å². The average molecular weight is 561 g/mol. The summed E-state index contributed by atoms with van der Waals surface area (Å²) >= 11 is 0. The third-order valence-electron chi connectivity index (χ3n) is 9.07. The lowest BCUT2D eigenvalue weighted by Crippen LogP contribution is -2.05. The molecule has 42 heavy (non-hydrogen) atoms. The van der Waals surface area contributed by atoms with E-state index in [9.17, 15) is 0 Å². The minimum atomic E-state index is 0.389. The maximum Gasteiger partial charge on any atom is 0.0314 e. The quantitative estimate of drug-likeness (QED) is 0.106. The molecule has 2 unspecified atom stereocenters. The molecule has 0 fully saturated rings. The Morgan fingerprint density at radius 2 is 0.667 bits per heavy atom. The van der Waals surface area contributed by atoms with E-state index in [1.807, 2.05) is 24.3 Å². The van der Waals surface area contributed by atoms with E-state index in [4.69, 9.17) is 11.5 Å². The third kappa shape index (κ3) is 8.51. The molecule has 0 heterocycles. The van der Waals surface area contributed by atoms with Crippen molar-refractivity contribution < 1.29 is 0 Å². The van der Waals surface area contributed by atoms with Crippen molar-refractivity contribution in [2.45, 2.75) is 103 Å². The van der Waals surface area contributed by atoms with Crippen LogP contribution in [0.5, 0.6) is 0 Å². The monoisotopic (exact) mass is 560 g/mol. The van der Waals surface area contributed by atoms with Crippen LogP contribution in [0.15, 0.2) is 97.1 Å². The molecule has 0 spiro atoms. The number of nitrogen functional groups attached to an aromatic ring is 2. The Balaban J connectivity index is 1.54. The SMILES string of the molecule is CCCCCCCCCC(c1ccc(C(CC)c2ccc(N)cc2)cc1)c1ccc(C(CC)c2ccc(N)cc2)cc1. The van der Waals surface area contributed by atoms with Gasteiger partial charge in [-0.05, 0) is 76.9 Å². The number of rotatable bonds is 16. The molecule has 0 aliphatic rings. The highest BCUT2D eigenvalue weighted by Crippen LogP contribution is 2.35. The zero-order valence-corrected chi connectivity index (χ0v) is 26.2. The molecule has 4 N–H and O–H groups in total. The lowest BCUT2D eigenvalue weighted by molar-refractivity contribution is 0.558. The Bertz CT molecular complexity index is 1210. The molecule has 0 saturated carbocycles. The predicted octanol–water partition coefficient (Wildman–Crippen LogP) is 11.2. The summed E-state index contributed by atoms with van der Waals surface area (Å²) in [5.74, 6) is 1.19. The van der Waals surface area contributed by atoms with Crippen molar-refractivity contribution in [1.82, 2.24) is 0 Å². The molecule has 0 radical (unpaired) electrons. The largest absolute Gasteiger partial charge is 0.399 e. The molecule has 0 aromatic heterocycles. The average Bonchev–Trinajstić information content (AvgIpc) is 3.02. The fourth-order valence-corrected chi connectivity index (χ4v) is 6.54. The normalized spacial score (nSPS) is 13.5. The molecule has 222 valence electrons. The van der Waals surface area contributed by atoms with Crippen LogP contribution in [0.25, 0.3) is 0 Å². The van der Waals surface area contributed by atoms with E-state index in [1.54, 1.807) is 0 Å². The summed E-state index contributed by atoms with van der Waals surface area (Å²) in [6, 6.07) is 35.8. The van der Waals surface area contributed by atoms with Crippen molar-refractivity contribution in [1.29, 1.82) is 0 Å². The fraction of sp³-hybridized carbons (Fsp3) is 0.400. The second kappa shape index (κ2) is 16.2. The summed E-state index contributed by atoms with van der Waals surface area (Å²) in [5.41, 5.74) is 21.8. The van der Waals surface area contributed by atoms with Gasteiger partial charge in [0, 0.05) is 29.1 Å². The van der Waals surface area contributed by atoms with Crippen LogP contribution in [0.4, 0.5) is 11.4 Å². The van der Waals surface area contributed by atoms with Gasteiger partial charge < -0.3 is 11.5 Å². The summed E-state index contributed by atoms with van der Waals surface area (Å²) in [7, 11) is 0. The summed E-state index contributed by atoms with van der Waals surface area (Å²) in [6.45, 7) is 6.83. The smallest absolute Gasteiger partial charge is 0.0314 e. The van der Waals surface area contributed by atoms with E-state index in [-0.39, 0.29) is 0 Å². The highest BCUT2D eigenvalue weighted by Gasteiger charge is 2.18. The van der Waals surface area contributed by atoms with Gasteiger partial charge in [0.2, 0.25) is 0 Å². The van der Waals surface area contributed by atoms with Crippen LogP contribution in [0, 0.1) is 0 Å².